The van der Waals surface area contributed by atoms with E-state index in [4.69, 9.17) is 4.74 Å². The van der Waals surface area contributed by atoms with Crippen LogP contribution in [-0.4, -0.2) is 26.2 Å². The van der Waals surface area contributed by atoms with E-state index in [1.54, 1.807) is 37.4 Å². The van der Waals surface area contributed by atoms with Crippen molar-refractivity contribution >= 4 is 23.4 Å². The summed E-state index contributed by atoms with van der Waals surface area (Å²) >= 11 is 0. The van der Waals surface area contributed by atoms with E-state index in [0.29, 0.717) is 22.7 Å². The van der Waals surface area contributed by atoms with Gasteiger partial charge in [0, 0.05) is 5.69 Å². The summed E-state index contributed by atoms with van der Waals surface area (Å²) in [6, 6.07) is 11.5. The van der Waals surface area contributed by atoms with Gasteiger partial charge in [0.2, 0.25) is 0 Å². The molecule has 0 saturated heterocycles. The molecule has 2 N–H and O–H groups in total. The lowest BCUT2D eigenvalue weighted by molar-refractivity contribution is 0.0601. The molecular weight excluding hydrogens is 296 g/mol. The molecule has 6 heteroatoms. The molecule has 0 saturated carbocycles. The Morgan fingerprint density at radius 3 is 2.26 bits per heavy atom. The van der Waals surface area contributed by atoms with Crippen LogP contribution in [0.2, 0.25) is 0 Å². The Balaban J connectivity index is 2.05. The van der Waals surface area contributed by atoms with E-state index >= 15 is 0 Å². The van der Waals surface area contributed by atoms with Crippen molar-refractivity contribution in [3.05, 3.63) is 53.6 Å². The molecule has 0 radical (unpaired) electrons. The summed E-state index contributed by atoms with van der Waals surface area (Å²) in [7, 11) is 2.86. The number of hydrogen-bond donors (Lipinski definition) is 2. The minimum absolute atomic E-state index is 0.403. The monoisotopic (exact) mass is 314 g/mol. The van der Waals surface area contributed by atoms with E-state index in [1.165, 1.54) is 7.11 Å². The highest BCUT2D eigenvalue weighted by atomic mass is 16.5. The molecular formula is C17H18N2O4. The first kappa shape index (κ1) is 16.4. The van der Waals surface area contributed by atoms with Crippen molar-refractivity contribution in [3.63, 3.8) is 0 Å². The maximum Gasteiger partial charge on any atom is 0.337 e. The molecule has 0 fully saturated rings. The van der Waals surface area contributed by atoms with Gasteiger partial charge in [-0.05, 0) is 48.9 Å². The first-order chi connectivity index (χ1) is 11.0. The van der Waals surface area contributed by atoms with Gasteiger partial charge in [0.05, 0.1) is 25.5 Å². The molecule has 0 aliphatic heterocycles. The number of anilines is 2. The molecule has 0 aliphatic carbocycles. The van der Waals surface area contributed by atoms with Crippen LogP contribution >= 0.6 is 0 Å². The number of amides is 2. The molecule has 0 heterocycles. The van der Waals surface area contributed by atoms with Crippen molar-refractivity contribution in [2.24, 2.45) is 0 Å². The summed E-state index contributed by atoms with van der Waals surface area (Å²) in [5, 5.41) is 5.42. The normalized spacial score (nSPS) is 9.87. The van der Waals surface area contributed by atoms with Gasteiger partial charge in [-0.25, -0.2) is 9.59 Å². The first-order valence-electron chi connectivity index (χ1n) is 6.94. The van der Waals surface area contributed by atoms with Crippen molar-refractivity contribution in [2.75, 3.05) is 24.9 Å². The van der Waals surface area contributed by atoms with Crippen LogP contribution in [0.4, 0.5) is 16.2 Å². The number of carbonyl (C=O) groups is 2. The molecule has 0 aromatic heterocycles. The van der Waals surface area contributed by atoms with E-state index in [-0.39, 0.29) is 0 Å². The number of urea groups is 1. The van der Waals surface area contributed by atoms with Crippen molar-refractivity contribution in [1.29, 1.82) is 0 Å². The molecule has 23 heavy (non-hydrogen) atoms. The molecule has 2 aromatic carbocycles. The van der Waals surface area contributed by atoms with E-state index in [0.717, 1.165) is 5.56 Å². The second kappa shape index (κ2) is 7.31. The fourth-order valence-electron chi connectivity index (χ4n) is 2.01. The van der Waals surface area contributed by atoms with Crippen LogP contribution in [0.1, 0.15) is 15.9 Å². The van der Waals surface area contributed by atoms with Crippen molar-refractivity contribution < 1.29 is 19.1 Å². The lowest BCUT2D eigenvalue weighted by Crippen LogP contribution is -2.20. The third-order valence-corrected chi connectivity index (χ3v) is 3.17. The summed E-state index contributed by atoms with van der Waals surface area (Å²) in [5.41, 5.74) is 2.56. The molecule has 0 atom stereocenters. The van der Waals surface area contributed by atoms with Crippen LogP contribution in [0.15, 0.2) is 42.5 Å². The Labute approximate surface area is 134 Å². The first-order valence-corrected chi connectivity index (χ1v) is 6.94. The zero-order chi connectivity index (χ0) is 16.8. The average Bonchev–Trinajstić information content (AvgIpc) is 2.55. The van der Waals surface area contributed by atoms with Gasteiger partial charge in [-0.15, -0.1) is 0 Å². The highest BCUT2D eigenvalue weighted by Gasteiger charge is 2.09. The molecule has 2 rings (SSSR count). The Morgan fingerprint density at radius 1 is 0.957 bits per heavy atom. The van der Waals surface area contributed by atoms with Gasteiger partial charge in [0.15, 0.2) is 0 Å². The SMILES string of the molecule is COC(=O)c1ccc(NC(=O)Nc2cc(C)ccc2OC)cc1. The van der Waals surface area contributed by atoms with Crippen LogP contribution in [0.3, 0.4) is 0 Å². The van der Waals surface area contributed by atoms with E-state index < -0.39 is 12.0 Å². The zero-order valence-corrected chi connectivity index (χ0v) is 13.2. The molecule has 2 amide bonds. The van der Waals surface area contributed by atoms with Crippen molar-refractivity contribution in [2.45, 2.75) is 6.92 Å². The molecule has 6 nitrogen and oxygen atoms in total. The topological polar surface area (TPSA) is 76.7 Å². The maximum atomic E-state index is 12.1. The van der Waals surface area contributed by atoms with E-state index in [2.05, 4.69) is 15.4 Å². The molecule has 0 spiro atoms. The van der Waals surface area contributed by atoms with Crippen LogP contribution < -0.4 is 15.4 Å². The molecule has 0 aliphatic rings. The smallest absolute Gasteiger partial charge is 0.337 e. The highest BCUT2D eigenvalue weighted by Crippen LogP contribution is 2.25. The van der Waals surface area contributed by atoms with E-state index in [9.17, 15) is 9.59 Å². The molecule has 120 valence electrons. The number of aryl methyl sites for hydroxylation is 1. The second-order valence-electron chi connectivity index (χ2n) is 4.85. The Bertz CT molecular complexity index is 711. The fraction of sp³-hybridized carbons (Fsp3) is 0.176. The number of rotatable bonds is 4. The van der Waals surface area contributed by atoms with Crippen LogP contribution in [0, 0.1) is 6.92 Å². The number of benzene rings is 2. The number of nitrogens with one attached hydrogen (secondary N) is 2. The van der Waals surface area contributed by atoms with Gasteiger partial charge in [0.25, 0.3) is 0 Å². The lowest BCUT2D eigenvalue weighted by atomic mass is 10.2. The largest absolute Gasteiger partial charge is 0.495 e. The number of esters is 1. The minimum Gasteiger partial charge on any atom is -0.495 e. The van der Waals surface area contributed by atoms with E-state index in [1.807, 2.05) is 19.1 Å². The summed E-state index contributed by atoms with van der Waals surface area (Å²) in [6.45, 7) is 1.92. The molecule has 0 unspecified atom stereocenters. The predicted molar refractivity (Wildman–Crippen MR) is 88.2 cm³/mol. The van der Waals surface area contributed by atoms with Gasteiger partial charge >= 0.3 is 12.0 Å². The second-order valence-corrected chi connectivity index (χ2v) is 4.85. The molecule has 0 bridgehead atoms. The minimum atomic E-state index is -0.425. The standard InChI is InChI=1S/C17H18N2O4/c1-11-4-9-15(22-2)14(10-11)19-17(21)18-13-7-5-12(6-8-13)16(20)23-3/h4-10H,1-3H3,(H2,18,19,21). The Hall–Kier alpha value is -3.02. The quantitative estimate of drug-likeness (QED) is 0.848. The predicted octanol–water partition coefficient (Wildman–Crippen LogP) is 3.43. The summed E-state index contributed by atoms with van der Waals surface area (Å²) < 4.78 is 9.83. The highest BCUT2D eigenvalue weighted by molar-refractivity contribution is 6.01. The maximum absolute atomic E-state index is 12.1. The van der Waals surface area contributed by atoms with Gasteiger partial charge in [-0.3, -0.25) is 0 Å². The van der Waals surface area contributed by atoms with Crippen molar-refractivity contribution in [1.82, 2.24) is 0 Å². The Kier molecular flexibility index (Phi) is 5.19. The summed E-state index contributed by atoms with van der Waals surface area (Å²) in [5.74, 6) is 0.150. The van der Waals surface area contributed by atoms with Crippen LogP contribution in [0.25, 0.3) is 0 Å². The zero-order valence-electron chi connectivity index (χ0n) is 13.2. The number of ether oxygens (including phenoxy) is 2. The number of methoxy groups -OCH3 is 2. The summed E-state index contributed by atoms with van der Waals surface area (Å²) in [4.78, 5) is 23.4. The van der Waals surface area contributed by atoms with Gasteiger partial charge in [-0.1, -0.05) is 6.07 Å². The van der Waals surface area contributed by atoms with Crippen molar-refractivity contribution in [3.8, 4) is 5.75 Å². The Morgan fingerprint density at radius 2 is 1.65 bits per heavy atom. The van der Waals surface area contributed by atoms with Gasteiger partial charge < -0.3 is 20.1 Å². The third kappa shape index (κ3) is 4.23. The number of carbonyl (C=O) groups excluding carboxylic acids is 2. The summed E-state index contributed by atoms with van der Waals surface area (Å²) in [6.07, 6.45) is 0. The van der Waals surface area contributed by atoms with Gasteiger partial charge in [-0.2, -0.15) is 0 Å². The fourth-order valence-corrected chi connectivity index (χ4v) is 2.01. The van der Waals surface area contributed by atoms with Gasteiger partial charge in [0.1, 0.15) is 5.75 Å². The number of hydrogen-bond acceptors (Lipinski definition) is 4. The third-order valence-electron chi connectivity index (χ3n) is 3.17. The van der Waals surface area contributed by atoms with Crippen LogP contribution in [-0.2, 0) is 4.74 Å². The molecule has 2 aromatic rings. The van der Waals surface area contributed by atoms with Crippen LogP contribution in [0.5, 0.6) is 5.75 Å². The lowest BCUT2D eigenvalue weighted by Gasteiger charge is -2.12. The average molecular weight is 314 g/mol.